The van der Waals surface area contributed by atoms with Crippen LogP contribution in [0.2, 0.25) is 0 Å². The van der Waals surface area contributed by atoms with E-state index in [-0.39, 0.29) is 11.8 Å². The molecule has 1 aliphatic heterocycles. The topological polar surface area (TPSA) is 82.5 Å². The Hall–Kier alpha value is -2.11. The van der Waals surface area contributed by atoms with Gasteiger partial charge in [0.15, 0.2) is 0 Å². The molecule has 108 valence electrons. The second-order valence-corrected chi connectivity index (χ2v) is 5.04. The second kappa shape index (κ2) is 6.36. The van der Waals surface area contributed by atoms with Gasteiger partial charge in [0, 0.05) is 25.2 Å². The van der Waals surface area contributed by atoms with Gasteiger partial charge in [-0.25, -0.2) is 0 Å². The van der Waals surface area contributed by atoms with Gasteiger partial charge >= 0.3 is 5.97 Å². The van der Waals surface area contributed by atoms with E-state index in [9.17, 15) is 9.59 Å². The number of rotatable bonds is 4. The molecule has 2 rings (SSSR count). The smallest absolute Gasteiger partial charge is 0.325 e. The number of piperidine rings is 1. The van der Waals surface area contributed by atoms with Crippen molar-refractivity contribution in [2.24, 2.45) is 5.92 Å². The monoisotopic (exact) mass is 277 g/mol. The van der Waals surface area contributed by atoms with Gasteiger partial charge < -0.3 is 15.3 Å². The van der Waals surface area contributed by atoms with E-state index in [1.165, 1.54) is 6.92 Å². The lowest BCUT2D eigenvalue weighted by Gasteiger charge is -2.33. The van der Waals surface area contributed by atoms with Crippen LogP contribution in [-0.4, -0.2) is 41.1 Å². The van der Waals surface area contributed by atoms with Crippen molar-refractivity contribution in [2.45, 2.75) is 25.8 Å². The zero-order valence-corrected chi connectivity index (χ0v) is 11.5. The summed E-state index contributed by atoms with van der Waals surface area (Å²) in [4.78, 5) is 29.0. The number of amides is 1. The number of anilines is 1. The van der Waals surface area contributed by atoms with Gasteiger partial charge in [0.25, 0.3) is 0 Å². The molecule has 6 nitrogen and oxygen atoms in total. The lowest BCUT2D eigenvalue weighted by Crippen LogP contribution is -2.45. The molecule has 20 heavy (non-hydrogen) atoms. The molecule has 1 saturated heterocycles. The maximum atomic E-state index is 12.0. The quantitative estimate of drug-likeness (QED) is 0.854. The lowest BCUT2D eigenvalue weighted by molar-refractivity contribution is -0.142. The van der Waals surface area contributed by atoms with Gasteiger partial charge in [-0.2, -0.15) is 0 Å². The Bertz CT molecular complexity index is 470. The average molecular weight is 277 g/mol. The Labute approximate surface area is 117 Å². The Morgan fingerprint density at radius 1 is 1.45 bits per heavy atom. The fraction of sp³-hybridized carbons (Fsp3) is 0.500. The summed E-state index contributed by atoms with van der Waals surface area (Å²) in [6.45, 7) is 3.04. The van der Waals surface area contributed by atoms with Gasteiger partial charge in [-0.05, 0) is 31.9 Å². The van der Waals surface area contributed by atoms with Gasteiger partial charge in [0.2, 0.25) is 5.91 Å². The zero-order valence-electron chi connectivity index (χ0n) is 11.5. The van der Waals surface area contributed by atoms with Gasteiger partial charge in [-0.3, -0.25) is 14.6 Å². The predicted molar refractivity (Wildman–Crippen MR) is 74.4 cm³/mol. The molecule has 0 radical (unpaired) electrons. The van der Waals surface area contributed by atoms with E-state index in [0.29, 0.717) is 0 Å². The van der Waals surface area contributed by atoms with Crippen molar-refractivity contribution in [3.05, 3.63) is 24.5 Å². The Kier molecular flexibility index (Phi) is 4.55. The van der Waals surface area contributed by atoms with Crippen molar-refractivity contribution in [1.82, 2.24) is 10.3 Å². The summed E-state index contributed by atoms with van der Waals surface area (Å²) in [6.07, 6.45) is 5.00. The third-order valence-electron chi connectivity index (χ3n) is 3.61. The van der Waals surface area contributed by atoms with Crippen LogP contribution < -0.4 is 10.2 Å². The molecule has 1 unspecified atom stereocenters. The summed E-state index contributed by atoms with van der Waals surface area (Å²) in [5.41, 5.74) is 1.06. The van der Waals surface area contributed by atoms with E-state index >= 15 is 0 Å². The van der Waals surface area contributed by atoms with Crippen molar-refractivity contribution >= 4 is 17.6 Å². The van der Waals surface area contributed by atoms with Crippen LogP contribution in [0.25, 0.3) is 0 Å². The summed E-state index contributed by atoms with van der Waals surface area (Å²) in [5.74, 6) is -1.28. The predicted octanol–water partition coefficient (Wildman–Crippen LogP) is 0.887. The van der Waals surface area contributed by atoms with Crippen molar-refractivity contribution in [3.8, 4) is 0 Å². The molecule has 1 fully saturated rings. The molecule has 0 saturated carbocycles. The van der Waals surface area contributed by atoms with Crippen LogP contribution in [0.4, 0.5) is 5.69 Å². The van der Waals surface area contributed by atoms with E-state index in [2.05, 4.69) is 15.2 Å². The molecule has 2 heterocycles. The SMILES string of the molecule is CC(NC(=O)C1CCN(c2cccnc2)CC1)C(=O)O. The molecule has 1 aliphatic rings. The van der Waals surface area contributed by atoms with Crippen LogP contribution in [0.15, 0.2) is 24.5 Å². The van der Waals surface area contributed by atoms with Crippen molar-refractivity contribution in [1.29, 1.82) is 0 Å². The van der Waals surface area contributed by atoms with Crippen molar-refractivity contribution < 1.29 is 14.7 Å². The number of nitrogens with zero attached hydrogens (tertiary/aromatic N) is 2. The number of aliphatic carboxylic acids is 1. The van der Waals surface area contributed by atoms with Crippen LogP contribution in [0.5, 0.6) is 0 Å². The number of carbonyl (C=O) groups is 2. The average Bonchev–Trinajstić information content (AvgIpc) is 2.48. The molecule has 0 aromatic carbocycles. The molecule has 1 atom stereocenters. The fourth-order valence-corrected chi connectivity index (χ4v) is 2.33. The lowest BCUT2D eigenvalue weighted by atomic mass is 9.95. The second-order valence-electron chi connectivity index (χ2n) is 5.04. The summed E-state index contributed by atoms with van der Waals surface area (Å²) in [5, 5.41) is 11.3. The van der Waals surface area contributed by atoms with Gasteiger partial charge in [0.05, 0.1) is 11.9 Å². The van der Waals surface area contributed by atoms with Gasteiger partial charge in [0.1, 0.15) is 6.04 Å². The van der Waals surface area contributed by atoms with E-state index in [1.807, 2.05) is 18.3 Å². The third-order valence-corrected chi connectivity index (χ3v) is 3.61. The van der Waals surface area contributed by atoms with Crippen molar-refractivity contribution in [3.63, 3.8) is 0 Å². The minimum Gasteiger partial charge on any atom is -0.480 e. The normalized spacial score (nSPS) is 17.6. The van der Waals surface area contributed by atoms with Crippen LogP contribution in [-0.2, 0) is 9.59 Å². The molecular formula is C14H19N3O3. The largest absolute Gasteiger partial charge is 0.480 e. The number of nitrogens with one attached hydrogen (secondary N) is 1. The highest BCUT2D eigenvalue weighted by atomic mass is 16.4. The van der Waals surface area contributed by atoms with E-state index in [1.54, 1.807) is 6.20 Å². The Balaban J connectivity index is 1.85. The highest BCUT2D eigenvalue weighted by Gasteiger charge is 2.27. The van der Waals surface area contributed by atoms with E-state index in [4.69, 9.17) is 5.11 Å². The molecule has 1 aromatic rings. The number of carboxylic acids is 1. The maximum absolute atomic E-state index is 12.0. The number of aromatic nitrogens is 1. The first-order chi connectivity index (χ1) is 9.58. The first-order valence-corrected chi connectivity index (χ1v) is 6.76. The highest BCUT2D eigenvalue weighted by Crippen LogP contribution is 2.22. The molecule has 6 heteroatoms. The fourth-order valence-electron chi connectivity index (χ4n) is 2.33. The number of hydrogen-bond acceptors (Lipinski definition) is 4. The summed E-state index contributed by atoms with van der Waals surface area (Å²) in [7, 11) is 0. The number of carbonyl (C=O) groups excluding carboxylic acids is 1. The standard InChI is InChI=1S/C14H19N3O3/c1-10(14(19)20)16-13(18)11-4-7-17(8-5-11)12-3-2-6-15-9-12/h2-3,6,9-11H,4-5,7-8H2,1H3,(H,16,18)(H,19,20). The summed E-state index contributed by atoms with van der Waals surface area (Å²) in [6, 6.07) is 3.06. The molecule has 1 amide bonds. The molecular weight excluding hydrogens is 258 g/mol. The Morgan fingerprint density at radius 3 is 2.70 bits per heavy atom. The third kappa shape index (κ3) is 3.46. The Morgan fingerprint density at radius 2 is 2.15 bits per heavy atom. The molecule has 0 aliphatic carbocycles. The zero-order chi connectivity index (χ0) is 14.5. The van der Waals surface area contributed by atoms with Crippen LogP contribution in [0.1, 0.15) is 19.8 Å². The van der Waals surface area contributed by atoms with Gasteiger partial charge in [-0.15, -0.1) is 0 Å². The number of pyridine rings is 1. The maximum Gasteiger partial charge on any atom is 0.325 e. The van der Waals surface area contributed by atoms with Gasteiger partial charge in [-0.1, -0.05) is 0 Å². The molecule has 0 bridgehead atoms. The number of hydrogen-bond donors (Lipinski definition) is 2. The number of carboxylic acid groups (broad SMARTS) is 1. The van der Waals surface area contributed by atoms with Crippen LogP contribution in [0, 0.1) is 5.92 Å². The minimum absolute atomic E-state index is 0.107. The van der Waals surface area contributed by atoms with Crippen molar-refractivity contribution in [2.75, 3.05) is 18.0 Å². The first-order valence-electron chi connectivity index (χ1n) is 6.76. The highest BCUT2D eigenvalue weighted by molar-refractivity contribution is 5.84. The minimum atomic E-state index is -1.01. The van der Waals surface area contributed by atoms with E-state index < -0.39 is 12.0 Å². The summed E-state index contributed by atoms with van der Waals surface area (Å²) >= 11 is 0. The summed E-state index contributed by atoms with van der Waals surface area (Å²) < 4.78 is 0. The molecule has 2 N–H and O–H groups in total. The molecule has 1 aromatic heterocycles. The van der Waals surface area contributed by atoms with Crippen LogP contribution in [0.3, 0.4) is 0 Å². The molecule has 0 spiro atoms. The van der Waals surface area contributed by atoms with E-state index in [0.717, 1.165) is 31.6 Å². The first kappa shape index (κ1) is 14.3. The van der Waals surface area contributed by atoms with Crippen LogP contribution >= 0.6 is 0 Å².